The van der Waals surface area contributed by atoms with Gasteiger partial charge < -0.3 is 15.0 Å². The van der Waals surface area contributed by atoms with Gasteiger partial charge in [-0.15, -0.1) is 0 Å². The van der Waals surface area contributed by atoms with E-state index in [0.29, 0.717) is 0 Å². The molecule has 0 bridgehead atoms. The molecule has 3 rings (SSSR count). The van der Waals surface area contributed by atoms with Crippen molar-refractivity contribution >= 4 is 11.6 Å². The topological polar surface area (TPSA) is 50.3 Å². The van der Waals surface area contributed by atoms with Crippen LogP contribution in [0.25, 0.3) is 0 Å². The fourth-order valence-corrected chi connectivity index (χ4v) is 3.09. The molecule has 128 valence electrons. The second kappa shape index (κ2) is 7.99. The van der Waals surface area contributed by atoms with E-state index in [1.165, 1.54) is 24.8 Å². The second-order valence-electron chi connectivity index (χ2n) is 6.23. The molecule has 0 unspecified atom stereocenters. The van der Waals surface area contributed by atoms with E-state index in [1.54, 1.807) is 7.11 Å². The summed E-state index contributed by atoms with van der Waals surface area (Å²) < 4.78 is 5.27. The molecule has 5 nitrogen and oxygen atoms in total. The van der Waals surface area contributed by atoms with Crippen molar-refractivity contribution in [1.82, 2.24) is 9.97 Å². The van der Waals surface area contributed by atoms with Gasteiger partial charge in [0.25, 0.3) is 0 Å². The summed E-state index contributed by atoms with van der Waals surface area (Å²) in [5.41, 5.74) is 1.25. The van der Waals surface area contributed by atoms with Crippen LogP contribution >= 0.6 is 0 Å². The Kier molecular flexibility index (Phi) is 5.51. The molecule has 2 aromatic rings. The molecule has 1 fully saturated rings. The molecule has 1 aromatic heterocycles. The lowest BCUT2D eigenvalue weighted by atomic mass is 10.1. The summed E-state index contributed by atoms with van der Waals surface area (Å²) in [7, 11) is 1.70. The van der Waals surface area contributed by atoms with Crippen molar-refractivity contribution in [1.29, 1.82) is 0 Å². The van der Waals surface area contributed by atoms with E-state index in [2.05, 4.69) is 38.4 Å². The van der Waals surface area contributed by atoms with Gasteiger partial charge in [0.2, 0.25) is 0 Å². The van der Waals surface area contributed by atoms with Crippen LogP contribution < -0.4 is 15.0 Å². The largest absolute Gasteiger partial charge is 0.497 e. The molecule has 1 N–H and O–H groups in total. The Hall–Kier alpha value is -2.30. The Labute approximate surface area is 144 Å². The van der Waals surface area contributed by atoms with E-state index < -0.39 is 0 Å². The minimum atomic E-state index is 0.821. The number of benzene rings is 1. The number of hydrogen-bond donors (Lipinski definition) is 1. The molecular formula is C19H26N4O. The van der Waals surface area contributed by atoms with Crippen LogP contribution in [0.5, 0.6) is 5.75 Å². The zero-order chi connectivity index (χ0) is 16.8. The Bertz CT molecular complexity index is 668. The summed E-state index contributed by atoms with van der Waals surface area (Å²) in [6.45, 7) is 4.99. The van der Waals surface area contributed by atoms with Gasteiger partial charge in [0.1, 0.15) is 23.2 Å². The third kappa shape index (κ3) is 4.37. The summed E-state index contributed by atoms with van der Waals surface area (Å²) in [4.78, 5) is 11.5. The monoisotopic (exact) mass is 326 g/mol. The van der Waals surface area contributed by atoms with Crippen molar-refractivity contribution in [3.63, 3.8) is 0 Å². The molecule has 1 aliphatic rings. The lowest BCUT2D eigenvalue weighted by Crippen LogP contribution is -2.30. The third-order valence-electron chi connectivity index (χ3n) is 4.36. The maximum Gasteiger partial charge on any atom is 0.134 e. The summed E-state index contributed by atoms with van der Waals surface area (Å²) in [6.07, 6.45) is 4.76. The maximum absolute atomic E-state index is 5.27. The predicted molar refractivity (Wildman–Crippen MR) is 98.0 cm³/mol. The lowest BCUT2D eigenvalue weighted by molar-refractivity contribution is 0.414. The van der Waals surface area contributed by atoms with E-state index in [9.17, 15) is 0 Å². The highest BCUT2D eigenvalue weighted by Crippen LogP contribution is 2.20. The van der Waals surface area contributed by atoms with Gasteiger partial charge in [-0.05, 0) is 50.3 Å². The molecule has 24 heavy (non-hydrogen) atoms. The van der Waals surface area contributed by atoms with Crippen molar-refractivity contribution in [3.8, 4) is 5.75 Å². The molecule has 0 atom stereocenters. The Morgan fingerprint density at radius 2 is 1.96 bits per heavy atom. The number of nitrogens with zero attached hydrogens (tertiary/aromatic N) is 3. The zero-order valence-electron chi connectivity index (χ0n) is 14.6. The van der Waals surface area contributed by atoms with Crippen molar-refractivity contribution < 1.29 is 4.74 Å². The van der Waals surface area contributed by atoms with Gasteiger partial charge in [-0.1, -0.05) is 12.1 Å². The Morgan fingerprint density at radius 3 is 2.75 bits per heavy atom. The second-order valence-corrected chi connectivity index (χ2v) is 6.23. The zero-order valence-corrected chi connectivity index (χ0v) is 14.6. The molecule has 0 saturated carbocycles. The summed E-state index contributed by atoms with van der Waals surface area (Å²) in [5, 5.41) is 3.43. The lowest BCUT2D eigenvalue weighted by Gasteiger charge is -2.28. The molecule has 2 heterocycles. The van der Waals surface area contributed by atoms with Crippen LogP contribution in [0.3, 0.4) is 0 Å². The molecule has 0 aliphatic carbocycles. The number of rotatable bonds is 6. The van der Waals surface area contributed by atoms with Gasteiger partial charge >= 0.3 is 0 Å². The SMILES string of the molecule is COc1cccc(CCNc2cc(N3CCCCC3)nc(C)n2)c1. The van der Waals surface area contributed by atoms with E-state index in [1.807, 2.05) is 19.1 Å². The first-order valence-electron chi connectivity index (χ1n) is 8.72. The Morgan fingerprint density at radius 1 is 1.12 bits per heavy atom. The third-order valence-corrected chi connectivity index (χ3v) is 4.36. The molecule has 0 spiro atoms. The number of aryl methyl sites for hydroxylation is 1. The number of anilines is 2. The first kappa shape index (κ1) is 16.6. The summed E-state index contributed by atoms with van der Waals surface area (Å²) in [6, 6.07) is 10.3. The fraction of sp³-hybridized carbons (Fsp3) is 0.474. The summed E-state index contributed by atoms with van der Waals surface area (Å²) in [5.74, 6) is 3.68. The quantitative estimate of drug-likeness (QED) is 0.881. The normalized spacial score (nSPS) is 14.5. The summed E-state index contributed by atoms with van der Waals surface area (Å²) >= 11 is 0. The van der Waals surface area contributed by atoms with Crippen LogP contribution in [0.4, 0.5) is 11.6 Å². The number of nitrogens with one attached hydrogen (secondary N) is 1. The van der Waals surface area contributed by atoms with E-state index in [4.69, 9.17) is 4.74 Å². The van der Waals surface area contributed by atoms with E-state index in [0.717, 1.165) is 49.3 Å². The molecule has 0 amide bonds. The van der Waals surface area contributed by atoms with Gasteiger partial charge in [0.05, 0.1) is 7.11 Å². The molecule has 5 heteroatoms. The first-order valence-corrected chi connectivity index (χ1v) is 8.72. The maximum atomic E-state index is 5.27. The highest BCUT2D eigenvalue weighted by Gasteiger charge is 2.13. The van der Waals surface area contributed by atoms with Crippen LogP contribution in [0.1, 0.15) is 30.7 Å². The average Bonchev–Trinajstić information content (AvgIpc) is 2.62. The van der Waals surface area contributed by atoms with Crippen molar-refractivity contribution in [3.05, 3.63) is 41.7 Å². The van der Waals surface area contributed by atoms with Gasteiger partial charge in [-0.3, -0.25) is 0 Å². The highest BCUT2D eigenvalue weighted by atomic mass is 16.5. The minimum absolute atomic E-state index is 0.821. The number of hydrogen-bond acceptors (Lipinski definition) is 5. The average molecular weight is 326 g/mol. The fourth-order valence-electron chi connectivity index (χ4n) is 3.09. The number of aromatic nitrogens is 2. The first-order chi connectivity index (χ1) is 11.7. The van der Waals surface area contributed by atoms with Crippen LogP contribution in [0.15, 0.2) is 30.3 Å². The van der Waals surface area contributed by atoms with Gasteiger partial charge in [0.15, 0.2) is 0 Å². The molecule has 1 saturated heterocycles. The Balaban J connectivity index is 1.61. The number of methoxy groups -OCH3 is 1. The van der Waals surface area contributed by atoms with Crippen LogP contribution in [0, 0.1) is 6.92 Å². The number of piperidine rings is 1. The van der Waals surface area contributed by atoms with E-state index in [-0.39, 0.29) is 0 Å². The predicted octanol–water partition coefficient (Wildman–Crippen LogP) is 3.44. The molecule has 1 aromatic carbocycles. The van der Waals surface area contributed by atoms with Crippen molar-refractivity contribution in [2.45, 2.75) is 32.6 Å². The van der Waals surface area contributed by atoms with E-state index >= 15 is 0 Å². The van der Waals surface area contributed by atoms with Gasteiger partial charge in [-0.2, -0.15) is 0 Å². The van der Waals surface area contributed by atoms with Gasteiger partial charge in [0, 0.05) is 25.7 Å². The minimum Gasteiger partial charge on any atom is -0.497 e. The van der Waals surface area contributed by atoms with Crippen LogP contribution in [-0.2, 0) is 6.42 Å². The standard InChI is InChI=1S/C19H26N4O/c1-15-21-18(14-19(22-15)23-11-4-3-5-12-23)20-10-9-16-7-6-8-17(13-16)24-2/h6-8,13-14H,3-5,9-12H2,1-2H3,(H,20,21,22). The van der Waals surface area contributed by atoms with Crippen molar-refractivity contribution in [2.24, 2.45) is 0 Å². The molecular weight excluding hydrogens is 300 g/mol. The van der Waals surface area contributed by atoms with Gasteiger partial charge in [-0.25, -0.2) is 9.97 Å². The van der Waals surface area contributed by atoms with Crippen LogP contribution in [0.2, 0.25) is 0 Å². The smallest absolute Gasteiger partial charge is 0.134 e. The molecule has 0 radical (unpaired) electrons. The molecule has 1 aliphatic heterocycles. The van der Waals surface area contributed by atoms with Crippen molar-refractivity contribution in [2.75, 3.05) is 37.0 Å². The highest BCUT2D eigenvalue weighted by molar-refractivity contribution is 5.49. The number of ether oxygens (including phenoxy) is 1. The van der Waals surface area contributed by atoms with Crippen LogP contribution in [-0.4, -0.2) is 36.7 Å².